The van der Waals surface area contributed by atoms with Crippen LogP contribution < -0.4 is 11.1 Å². The summed E-state index contributed by atoms with van der Waals surface area (Å²) in [4.78, 5) is 0. The van der Waals surface area contributed by atoms with Gasteiger partial charge in [-0.15, -0.1) is 0 Å². The van der Waals surface area contributed by atoms with Gasteiger partial charge in [0.1, 0.15) is 11.5 Å². The zero-order chi connectivity index (χ0) is 13.3. The van der Waals surface area contributed by atoms with Crippen LogP contribution in [-0.2, 0) is 0 Å². The molecule has 94 valence electrons. The predicted molar refractivity (Wildman–Crippen MR) is 73.7 cm³/mol. The minimum atomic E-state index is 0.0508. The van der Waals surface area contributed by atoms with Crippen LogP contribution in [0.25, 0.3) is 0 Å². The van der Waals surface area contributed by atoms with E-state index in [1.165, 1.54) is 6.07 Å². The van der Waals surface area contributed by atoms with E-state index in [2.05, 4.69) is 5.32 Å². The SMILES string of the molecule is Cc1c(O)cc(N)c(Cl)c1Nc1ccccc1O. The molecule has 0 heterocycles. The highest BCUT2D eigenvalue weighted by atomic mass is 35.5. The van der Waals surface area contributed by atoms with Gasteiger partial charge in [-0.25, -0.2) is 0 Å². The number of anilines is 3. The van der Waals surface area contributed by atoms with Crippen LogP contribution in [0.1, 0.15) is 5.56 Å². The lowest BCUT2D eigenvalue weighted by atomic mass is 10.1. The number of nitrogens with one attached hydrogen (secondary N) is 1. The molecule has 0 aliphatic carbocycles. The zero-order valence-electron chi connectivity index (χ0n) is 9.74. The molecule has 0 spiro atoms. The van der Waals surface area contributed by atoms with Crippen LogP contribution in [0.3, 0.4) is 0 Å². The summed E-state index contributed by atoms with van der Waals surface area (Å²) in [6, 6.07) is 8.14. The van der Waals surface area contributed by atoms with Gasteiger partial charge in [-0.05, 0) is 19.1 Å². The standard InChI is InChI=1S/C13H13ClN2O2/c1-7-11(18)6-8(15)12(14)13(7)16-9-4-2-3-5-10(9)17/h2-6,16-18H,15H2,1H3. The Morgan fingerprint density at radius 1 is 1.17 bits per heavy atom. The summed E-state index contributed by atoms with van der Waals surface area (Å²) >= 11 is 6.09. The molecule has 0 amide bonds. The minimum Gasteiger partial charge on any atom is -0.508 e. The number of nitrogens with two attached hydrogens (primary N) is 1. The summed E-state index contributed by atoms with van der Waals surface area (Å²) in [7, 11) is 0. The van der Waals surface area contributed by atoms with Gasteiger partial charge in [-0.2, -0.15) is 0 Å². The molecule has 5 N–H and O–H groups in total. The molecule has 0 radical (unpaired) electrons. The fraction of sp³-hybridized carbons (Fsp3) is 0.0769. The molecule has 0 saturated carbocycles. The molecule has 18 heavy (non-hydrogen) atoms. The number of hydrogen-bond donors (Lipinski definition) is 4. The number of benzene rings is 2. The van der Waals surface area contributed by atoms with Crippen LogP contribution in [0.2, 0.25) is 5.02 Å². The van der Waals surface area contributed by atoms with Gasteiger partial charge in [0, 0.05) is 11.6 Å². The number of para-hydroxylation sites is 2. The molecular weight excluding hydrogens is 252 g/mol. The first-order valence-electron chi connectivity index (χ1n) is 5.33. The van der Waals surface area contributed by atoms with Gasteiger partial charge < -0.3 is 21.3 Å². The van der Waals surface area contributed by atoms with Gasteiger partial charge in [-0.3, -0.25) is 0 Å². The second-order valence-electron chi connectivity index (χ2n) is 3.94. The van der Waals surface area contributed by atoms with Crippen LogP contribution in [0, 0.1) is 6.92 Å². The molecule has 4 nitrogen and oxygen atoms in total. The molecule has 2 aromatic rings. The second-order valence-corrected chi connectivity index (χ2v) is 4.32. The lowest BCUT2D eigenvalue weighted by molar-refractivity contribution is 0.471. The lowest BCUT2D eigenvalue weighted by Gasteiger charge is -2.15. The van der Waals surface area contributed by atoms with Crippen LogP contribution in [0.5, 0.6) is 11.5 Å². The van der Waals surface area contributed by atoms with Crippen LogP contribution in [0.15, 0.2) is 30.3 Å². The number of phenols is 2. The van der Waals surface area contributed by atoms with Crippen molar-refractivity contribution in [2.45, 2.75) is 6.92 Å². The van der Waals surface area contributed by atoms with Crippen molar-refractivity contribution in [2.75, 3.05) is 11.1 Å². The molecule has 0 aromatic heterocycles. The maximum absolute atomic E-state index is 9.71. The first-order chi connectivity index (χ1) is 8.50. The predicted octanol–water partition coefficient (Wildman–Crippen LogP) is 3.39. The first kappa shape index (κ1) is 12.4. The molecule has 0 aliphatic rings. The molecule has 0 aliphatic heterocycles. The van der Waals surface area contributed by atoms with Crippen LogP contribution in [0.4, 0.5) is 17.1 Å². The molecule has 0 bridgehead atoms. The third kappa shape index (κ3) is 2.15. The van der Waals surface area contributed by atoms with E-state index >= 15 is 0 Å². The smallest absolute Gasteiger partial charge is 0.139 e. The average molecular weight is 265 g/mol. The van der Waals surface area contributed by atoms with Gasteiger partial charge in [0.15, 0.2) is 0 Å². The van der Waals surface area contributed by atoms with Crippen LogP contribution in [-0.4, -0.2) is 10.2 Å². The fourth-order valence-electron chi connectivity index (χ4n) is 1.62. The zero-order valence-corrected chi connectivity index (χ0v) is 10.5. The summed E-state index contributed by atoms with van der Waals surface area (Å²) in [5.41, 5.74) is 7.51. The Hall–Kier alpha value is -2.07. The van der Waals surface area contributed by atoms with Gasteiger partial charge in [0.2, 0.25) is 0 Å². The van der Waals surface area contributed by atoms with Gasteiger partial charge >= 0.3 is 0 Å². The summed E-state index contributed by atoms with van der Waals surface area (Å²) in [5, 5.41) is 22.7. The minimum absolute atomic E-state index is 0.0508. The van der Waals surface area contributed by atoms with Crippen LogP contribution >= 0.6 is 11.6 Å². The Morgan fingerprint density at radius 3 is 2.50 bits per heavy atom. The third-order valence-electron chi connectivity index (χ3n) is 2.69. The Labute approximate surface area is 110 Å². The second kappa shape index (κ2) is 4.66. The van der Waals surface area contributed by atoms with Gasteiger partial charge in [-0.1, -0.05) is 23.7 Å². The van der Waals surface area contributed by atoms with E-state index in [0.717, 1.165) is 0 Å². The van der Waals surface area contributed by atoms with Crippen molar-refractivity contribution in [2.24, 2.45) is 0 Å². The molecule has 0 fully saturated rings. The average Bonchev–Trinajstić information content (AvgIpc) is 2.34. The van der Waals surface area contributed by atoms with E-state index in [9.17, 15) is 10.2 Å². The molecule has 0 saturated heterocycles. The van der Waals surface area contributed by atoms with E-state index in [4.69, 9.17) is 17.3 Å². The fourth-order valence-corrected chi connectivity index (χ4v) is 1.86. The van der Waals surface area contributed by atoms with E-state index in [0.29, 0.717) is 22.0 Å². The monoisotopic (exact) mass is 264 g/mol. The van der Waals surface area contributed by atoms with Gasteiger partial charge in [0.05, 0.1) is 22.1 Å². The Kier molecular flexibility index (Phi) is 3.21. The maximum Gasteiger partial charge on any atom is 0.139 e. The number of rotatable bonds is 2. The Balaban J connectivity index is 2.50. The quantitative estimate of drug-likeness (QED) is 0.495. The van der Waals surface area contributed by atoms with Crippen molar-refractivity contribution < 1.29 is 10.2 Å². The molecule has 2 rings (SSSR count). The van der Waals surface area contributed by atoms with E-state index < -0.39 is 0 Å². The highest BCUT2D eigenvalue weighted by molar-refractivity contribution is 6.36. The Bertz CT molecular complexity index is 574. The van der Waals surface area contributed by atoms with Gasteiger partial charge in [0.25, 0.3) is 0 Å². The van der Waals surface area contributed by atoms with Crippen molar-refractivity contribution in [3.63, 3.8) is 0 Å². The van der Waals surface area contributed by atoms with E-state index in [1.807, 2.05) is 0 Å². The molecule has 2 aromatic carbocycles. The van der Waals surface area contributed by atoms with E-state index in [-0.39, 0.29) is 17.2 Å². The van der Waals surface area contributed by atoms with Crippen molar-refractivity contribution in [3.8, 4) is 11.5 Å². The number of hydrogen-bond acceptors (Lipinski definition) is 4. The van der Waals surface area contributed by atoms with E-state index in [1.54, 1.807) is 31.2 Å². The largest absolute Gasteiger partial charge is 0.508 e. The highest BCUT2D eigenvalue weighted by Crippen LogP contribution is 2.39. The summed E-state index contributed by atoms with van der Waals surface area (Å²) in [6.45, 7) is 1.71. The normalized spacial score (nSPS) is 10.3. The number of aromatic hydroxyl groups is 2. The summed E-state index contributed by atoms with van der Waals surface area (Å²) < 4.78 is 0. The summed E-state index contributed by atoms with van der Waals surface area (Å²) in [5.74, 6) is 0.143. The third-order valence-corrected chi connectivity index (χ3v) is 3.10. The van der Waals surface area contributed by atoms with Crippen molar-refractivity contribution in [1.82, 2.24) is 0 Å². The highest BCUT2D eigenvalue weighted by Gasteiger charge is 2.13. The maximum atomic E-state index is 9.71. The molecular formula is C13H13ClN2O2. The number of phenolic OH excluding ortho intramolecular Hbond substituents is 2. The number of halogens is 1. The van der Waals surface area contributed by atoms with Crippen molar-refractivity contribution in [1.29, 1.82) is 0 Å². The van der Waals surface area contributed by atoms with Crippen molar-refractivity contribution >= 4 is 28.7 Å². The lowest BCUT2D eigenvalue weighted by Crippen LogP contribution is -1.98. The summed E-state index contributed by atoms with van der Waals surface area (Å²) in [6.07, 6.45) is 0. The topological polar surface area (TPSA) is 78.5 Å². The molecule has 0 atom stereocenters. The number of nitrogen functional groups attached to an aromatic ring is 1. The van der Waals surface area contributed by atoms with Crippen molar-refractivity contribution in [3.05, 3.63) is 40.9 Å². The Morgan fingerprint density at radius 2 is 1.83 bits per heavy atom. The molecule has 5 heteroatoms. The first-order valence-corrected chi connectivity index (χ1v) is 5.71. The molecule has 0 unspecified atom stereocenters.